The van der Waals surface area contributed by atoms with Crippen LogP contribution in [0, 0.1) is 11.2 Å². The molecule has 0 fully saturated rings. The zero-order valence-corrected chi connectivity index (χ0v) is 15.5. The van der Waals surface area contributed by atoms with Crippen molar-refractivity contribution in [2.75, 3.05) is 18.0 Å². The van der Waals surface area contributed by atoms with Crippen LogP contribution < -0.4 is 4.90 Å². The number of imide groups is 1. The molecule has 3 amide bonds. The summed E-state index contributed by atoms with van der Waals surface area (Å²) < 4.78 is 13.7. The number of rotatable bonds is 4. The maximum absolute atomic E-state index is 13.7. The summed E-state index contributed by atoms with van der Waals surface area (Å²) in [6, 6.07) is 12.4. The summed E-state index contributed by atoms with van der Waals surface area (Å²) >= 11 is 0. The van der Waals surface area contributed by atoms with E-state index >= 15 is 0 Å². The highest BCUT2D eigenvalue weighted by atomic mass is 19.1. The Morgan fingerprint density at radius 2 is 1.59 bits per heavy atom. The van der Waals surface area contributed by atoms with Crippen LogP contribution in [0.4, 0.5) is 10.1 Å². The van der Waals surface area contributed by atoms with E-state index in [0.717, 1.165) is 4.90 Å². The molecular formula is C21H21FN2O3. The molecule has 1 aliphatic heterocycles. The fourth-order valence-corrected chi connectivity index (χ4v) is 3.04. The third-order valence-corrected chi connectivity index (χ3v) is 4.43. The minimum Gasteiger partial charge on any atom is -0.310 e. The number of benzene rings is 2. The smallest absolute Gasteiger partial charge is 0.261 e. The van der Waals surface area contributed by atoms with Gasteiger partial charge in [0.2, 0.25) is 5.91 Å². The molecule has 0 atom stereocenters. The Bertz CT molecular complexity index is 883. The molecule has 0 aliphatic carbocycles. The Morgan fingerprint density at radius 1 is 1.00 bits per heavy atom. The van der Waals surface area contributed by atoms with Gasteiger partial charge in [-0.25, -0.2) is 4.39 Å². The van der Waals surface area contributed by atoms with E-state index in [9.17, 15) is 18.8 Å². The summed E-state index contributed by atoms with van der Waals surface area (Å²) in [6.45, 7) is 5.42. The van der Waals surface area contributed by atoms with Crippen molar-refractivity contribution in [1.82, 2.24) is 4.90 Å². The van der Waals surface area contributed by atoms with Crippen molar-refractivity contribution in [3.05, 3.63) is 65.5 Å². The van der Waals surface area contributed by atoms with Crippen LogP contribution in [0.25, 0.3) is 0 Å². The van der Waals surface area contributed by atoms with Crippen LogP contribution in [0.15, 0.2) is 48.5 Å². The largest absolute Gasteiger partial charge is 0.310 e. The van der Waals surface area contributed by atoms with Gasteiger partial charge < -0.3 is 4.90 Å². The van der Waals surface area contributed by atoms with E-state index in [2.05, 4.69) is 0 Å². The van der Waals surface area contributed by atoms with E-state index in [1.165, 1.54) is 23.1 Å². The lowest BCUT2D eigenvalue weighted by Crippen LogP contribution is -2.45. The molecule has 0 aromatic heterocycles. The van der Waals surface area contributed by atoms with Gasteiger partial charge in [-0.05, 0) is 30.3 Å². The molecule has 6 heteroatoms. The second kappa shape index (κ2) is 6.95. The van der Waals surface area contributed by atoms with Gasteiger partial charge in [-0.2, -0.15) is 0 Å². The number of anilines is 1. The molecule has 140 valence electrons. The minimum absolute atomic E-state index is 0.0324. The third kappa shape index (κ3) is 3.60. The van der Waals surface area contributed by atoms with E-state index in [0.29, 0.717) is 16.8 Å². The number of carbonyl (C=O) groups excluding carboxylic acids is 3. The van der Waals surface area contributed by atoms with Crippen LogP contribution in [-0.4, -0.2) is 35.7 Å². The highest BCUT2D eigenvalue weighted by Gasteiger charge is 2.36. The average Bonchev–Trinajstić information content (AvgIpc) is 2.86. The maximum atomic E-state index is 13.7. The topological polar surface area (TPSA) is 57.7 Å². The lowest BCUT2D eigenvalue weighted by molar-refractivity contribution is -0.125. The average molecular weight is 368 g/mol. The summed E-state index contributed by atoms with van der Waals surface area (Å²) in [7, 11) is 0. The number of amides is 3. The lowest BCUT2D eigenvalue weighted by atomic mass is 9.94. The number of nitrogens with zero attached hydrogens (tertiary/aromatic N) is 2. The maximum Gasteiger partial charge on any atom is 0.261 e. The monoisotopic (exact) mass is 368 g/mol. The molecule has 1 aliphatic rings. The van der Waals surface area contributed by atoms with Crippen LogP contribution in [0.5, 0.6) is 0 Å². The fourth-order valence-electron chi connectivity index (χ4n) is 3.04. The SMILES string of the molecule is CC(C)(C)C(=O)N(CCN1C(=O)c2ccccc2C1=O)c1cccc(F)c1. The van der Waals surface area contributed by atoms with Crippen LogP contribution in [0.2, 0.25) is 0 Å². The van der Waals surface area contributed by atoms with Crippen molar-refractivity contribution in [3.63, 3.8) is 0 Å². The van der Waals surface area contributed by atoms with Crippen molar-refractivity contribution in [2.24, 2.45) is 5.41 Å². The highest BCUT2D eigenvalue weighted by Crippen LogP contribution is 2.26. The molecule has 0 spiro atoms. The number of fused-ring (bicyclic) bond motifs is 1. The van der Waals surface area contributed by atoms with Gasteiger partial charge in [0.1, 0.15) is 5.82 Å². The number of carbonyl (C=O) groups is 3. The molecule has 0 saturated heterocycles. The number of hydrogen-bond acceptors (Lipinski definition) is 3. The van der Waals surface area contributed by atoms with E-state index in [1.54, 1.807) is 51.1 Å². The van der Waals surface area contributed by atoms with Gasteiger partial charge in [0, 0.05) is 24.2 Å². The fraction of sp³-hybridized carbons (Fsp3) is 0.286. The highest BCUT2D eigenvalue weighted by molar-refractivity contribution is 6.21. The van der Waals surface area contributed by atoms with Crippen molar-refractivity contribution in [2.45, 2.75) is 20.8 Å². The van der Waals surface area contributed by atoms with Gasteiger partial charge in [0.05, 0.1) is 11.1 Å². The van der Waals surface area contributed by atoms with Crippen LogP contribution in [-0.2, 0) is 4.79 Å². The first kappa shape index (κ1) is 18.8. The van der Waals surface area contributed by atoms with Gasteiger partial charge in [0.25, 0.3) is 11.8 Å². The summed E-state index contributed by atoms with van der Waals surface area (Å²) in [4.78, 5) is 40.5. The molecule has 0 unspecified atom stereocenters. The van der Waals surface area contributed by atoms with Crippen LogP contribution >= 0.6 is 0 Å². The molecule has 0 N–H and O–H groups in total. The van der Waals surface area contributed by atoms with E-state index < -0.39 is 11.2 Å². The van der Waals surface area contributed by atoms with Crippen LogP contribution in [0.3, 0.4) is 0 Å². The third-order valence-electron chi connectivity index (χ3n) is 4.43. The summed E-state index contributed by atoms with van der Waals surface area (Å²) in [6.07, 6.45) is 0. The molecule has 0 saturated carbocycles. The Hall–Kier alpha value is -3.02. The zero-order valence-electron chi connectivity index (χ0n) is 15.5. The first-order valence-corrected chi connectivity index (χ1v) is 8.73. The molecule has 2 aromatic carbocycles. The molecule has 27 heavy (non-hydrogen) atoms. The number of hydrogen-bond donors (Lipinski definition) is 0. The van der Waals surface area contributed by atoms with Gasteiger partial charge in [-0.1, -0.05) is 39.0 Å². The summed E-state index contributed by atoms with van der Waals surface area (Å²) in [5.41, 5.74) is 0.421. The van der Waals surface area contributed by atoms with Gasteiger partial charge >= 0.3 is 0 Å². The van der Waals surface area contributed by atoms with Gasteiger partial charge in [-0.15, -0.1) is 0 Å². The van der Waals surface area contributed by atoms with E-state index in [1.807, 2.05) is 0 Å². The van der Waals surface area contributed by atoms with Crippen molar-refractivity contribution in [3.8, 4) is 0 Å². The molecular weight excluding hydrogens is 347 g/mol. The van der Waals surface area contributed by atoms with Crippen molar-refractivity contribution < 1.29 is 18.8 Å². The van der Waals surface area contributed by atoms with Gasteiger partial charge in [0.15, 0.2) is 0 Å². The zero-order chi connectivity index (χ0) is 19.8. The van der Waals surface area contributed by atoms with Crippen LogP contribution in [0.1, 0.15) is 41.5 Å². The van der Waals surface area contributed by atoms with E-state index in [-0.39, 0.29) is 30.8 Å². The number of halogens is 1. The first-order chi connectivity index (χ1) is 12.7. The molecule has 0 bridgehead atoms. The van der Waals surface area contributed by atoms with Crippen molar-refractivity contribution in [1.29, 1.82) is 0 Å². The first-order valence-electron chi connectivity index (χ1n) is 8.73. The Morgan fingerprint density at radius 3 is 2.11 bits per heavy atom. The second-order valence-corrected chi connectivity index (χ2v) is 7.49. The molecule has 1 heterocycles. The summed E-state index contributed by atoms with van der Waals surface area (Å²) in [5.74, 6) is -1.43. The van der Waals surface area contributed by atoms with E-state index in [4.69, 9.17) is 0 Å². The minimum atomic E-state index is -0.700. The molecule has 3 rings (SSSR count). The predicted molar refractivity (Wildman–Crippen MR) is 100 cm³/mol. The Balaban J connectivity index is 1.85. The Labute approximate surface area is 157 Å². The normalized spacial score (nSPS) is 13.7. The standard InChI is InChI=1S/C21H21FN2O3/c1-21(2,3)20(27)23(15-8-6-7-14(22)13-15)11-12-24-18(25)16-9-4-5-10-17(16)19(24)26/h4-10,13H,11-12H2,1-3H3. The molecule has 0 radical (unpaired) electrons. The van der Waals surface area contributed by atoms with Crippen molar-refractivity contribution >= 4 is 23.4 Å². The molecule has 5 nitrogen and oxygen atoms in total. The lowest BCUT2D eigenvalue weighted by Gasteiger charge is -2.30. The predicted octanol–water partition coefficient (Wildman–Crippen LogP) is 3.50. The quantitative estimate of drug-likeness (QED) is 0.776. The van der Waals surface area contributed by atoms with Gasteiger partial charge in [-0.3, -0.25) is 19.3 Å². The molecule has 2 aromatic rings. The Kier molecular flexibility index (Phi) is 4.83. The summed E-state index contributed by atoms with van der Waals surface area (Å²) in [5, 5.41) is 0. The second-order valence-electron chi connectivity index (χ2n) is 7.49.